The van der Waals surface area contributed by atoms with E-state index in [1.165, 1.54) is 31.4 Å². The Morgan fingerprint density at radius 3 is 2.10 bits per heavy atom. The third-order valence-corrected chi connectivity index (χ3v) is 3.71. The first-order chi connectivity index (χ1) is 4.56. The predicted molar refractivity (Wildman–Crippen MR) is 57.4 cm³/mol. The van der Waals surface area contributed by atoms with Gasteiger partial charge in [-0.3, -0.25) is 0 Å². The topological polar surface area (TPSA) is 0 Å². The Labute approximate surface area is 74.3 Å². The summed E-state index contributed by atoms with van der Waals surface area (Å²) in [6, 6.07) is 0. The molecule has 0 aromatic carbocycles. The van der Waals surface area contributed by atoms with E-state index in [0.717, 1.165) is 0 Å². The van der Waals surface area contributed by atoms with Crippen molar-refractivity contribution in [3.8, 4) is 0 Å². The molecule has 0 heterocycles. The van der Waals surface area contributed by atoms with Crippen LogP contribution < -0.4 is 0 Å². The molecule has 0 atom stereocenters. The highest BCUT2D eigenvalue weighted by atomic mass is 79.9. The standard InChI is InChI=1S/C8H19BrS/c1-4-5-6-7-8-10(2,3)9/h4-8H2,1-3H3. The Morgan fingerprint density at radius 2 is 1.70 bits per heavy atom. The lowest BCUT2D eigenvalue weighted by Crippen LogP contribution is -1.92. The molecule has 0 saturated carbocycles. The van der Waals surface area contributed by atoms with E-state index in [4.69, 9.17) is 0 Å². The van der Waals surface area contributed by atoms with Crippen LogP contribution in [0, 0.1) is 0 Å². The molecule has 0 amide bonds. The molecule has 0 fully saturated rings. The predicted octanol–water partition coefficient (Wildman–Crippen LogP) is 3.94. The van der Waals surface area contributed by atoms with E-state index in [9.17, 15) is 0 Å². The Hall–Kier alpha value is 0.830. The number of hydrogen-bond donors (Lipinski definition) is 0. The van der Waals surface area contributed by atoms with Crippen molar-refractivity contribution in [3.63, 3.8) is 0 Å². The van der Waals surface area contributed by atoms with Crippen molar-refractivity contribution in [1.29, 1.82) is 0 Å². The van der Waals surface area contributed by atoms with E-state index in [-0.39, 0.29) is 0 Å². The van der Waals surface area contributed by atoms with Crippen molar-refractivity contribution in [1.82, 2.24) is 0 Å². The molecule has 0 aliphatic heterocycles. The molecule has 0 nitrogen and oxygen atoms in total. The molecule has 0 bridgehead atoms. The van der Waals surface area contributed by atoms with Crippen LogP contribution in [0.15, 0.2) is 0 Å². The summed E-state index contributed by atoms with van der Waals surface area (Å²) in [6.07, 6.45) is 10.2. The Bertz CT molecular complexity index is 75.8. The van der Waals surface area contributed by atoms with Crippen LogP contribution in [-0.4, -0.2) is 18.3 Å². The van der Waals surface area contributed by atoms with Gasteiger partial charge >= 0.3 is 0 Å². The maximum Gasteiger partial charge on any atom is -0.0141 e. The lowest BCUT2D eigenvalue weighted by Gasteiger charge is -2.21. The summed E-state index contributed by atoms with van der Waals surface area (Å²) in [5, 5.41) is 0. The molecule has 0 aromatic rings. The van der Waals surface area contributed by atoms with Crippen LogP contribution >= 0.6 is 23.3 Å². The zero-order valence-corrected chi connectivity index (χ0v) is 9.72. The first-order valence-electron chi connectivity index (χ1n) is 3.97. The summed E-state index contributed by atoms with van der Waals surface area (Å²) >= 11 is 3.71. The van der Waals surface area contributed by atoms with Gasteiger partial charge in [-0.05, 0) is 39.5 Å². The van der Waals surface area contributed by atoms with Crippen LogP contribution in [0.5, 0.6) is 0 Å². The van der Waals surface area contributed by atoms with Crippen LogP contribution in [0.1, 0.15) is 32.6 Å². The first kappa shape index (κ1) is 10.8. The molecule has 10 heavy (non-hydrogen) atoms. The summed E-state index contributed by atoms with van der Waals surface area (Å²) in [5.74, 6) is 1.38. The minimum absolute atomic E-state index is 0.392. The molecule has 0 spiro atoms. The van der Waals surface area contributed by atoms with Gasteiger partial charge in [-0.2, -0.15) is 8.46 Å². The molecule has 0 aliphatic rings. The van der Waals surface area contributed by atoms with Crippen LogP contribution in [0.3, 0.4) is 0 Å². The second kappa shape index (κ2) is 5.48. The van der Waals surface area contributed by atoms with E-state index in [2.05, 4.69) is 34.2 Å². The molecular weight excluding hydrogens is 208 g/mol. The molecule has 0 unspecified atom stereocenters. The third kappa shape index (κ3) is 8.83. The Balaban J connectivity index is 3.04. The van der Waals surface area contributed by atoms with Crippen LogP contribution in [0.25, 0.3) is 0 Å². The van der Waals surface area contributed by atoms with Gasteiger partial charge in [0.2, 0.25) is 0 Å². The highest BCUT2D eigenvalue weighted by molar-refractivity contribution is 9.58. The van der Waals surface area contributed by atoms with Crippen molar-refractivity contribution in [2.24, 2.45) is 0 Å². The highest BCUT2D eigenvalue weighted by Crippen LogP contribution is 2.48. The van der Waals surface area contributed by atoms with Gasteiger partial charge in [-0.15, -0.1) is 0 Å². The fourth-order valence-electron chi connectivity index (χ4n) is 0.872. The molecule has 0 saturated heterocycles. The highest BCUT2D eigenvalue weighted by Gasteiger charge is 2.04. The normalized spacial score (nSPS) is 13.6. The van der Waals surface area contributed by atoms with Gasteiger partial charge in [0.1, 0.15) is 0 Å². The smallest absolute Gasteiger partial charge is 0.0141 e. The fourth-order valence-corrected chi connectivity index (χ4v) is 2.45. The fraction of sp³-hybridized carbons (Fsp3) is 1.00. The van der Waals surface area contributed by atoms with E-state index in [1.54, 1.807) is 0 Å². The van der Waals surface area contributed by atoms with Crippen LogP contribution in [0.2, 0.25) is 0 Å². The summed E-state index contributed by atoms with van der Waals surface area (Å²) in [5.41, 5.74) is 0. The van der Waals surface area contributed by atoms with Crippen LogP contribution in [-0.2, 0) is 0 Å². The molecule has 64 valence electrons. The van der Waals surface area contributed by atoms with Gasteiger partial charge in [0.25, 0.3) is 0 Å². The zero-order chi connectivity index (χ0) is 8.04. The van der Waals surface area contributed by atoms with Gasteiger partial charge < -0.3 is 0 Å². The molecule has 2 heteroatoms. The van der Waals surface area contributed by atoms with Gasteiger partial charge in [-0.25, -0.2) is 0 Å². The molecule has 0 rings (SSSR count). The first-order valence-corrected chi connectivity index (χ1v) is 8.43. The summed E-state index contributed by atoms with van der Waals surface area (Å²) in [6.45, 7) is 2.26. The van der Waals surface area contributed by atoms with E-state index in [0.29, 0.717) is 0 Å². The van der Waals surface area contributed by atoms with Gasteiger partial charge in [-0.1, -0.05) is 26.2 Å². The third-order valence-electron chi connectivity index (χ3n) is 1.48. The molecule has 0 radical (unpaired) electrons. The monoisotopic (exact) mass is 226 g/mol. The van der Waals surface area contributed by atoms with Crippen LogP contribution in [0.4, 0.5) is 0 Å². The lowest BCUT2D eigenvalue weighted by molar-refractivity contribution is 0.706. The number of unbranched alkanes of at least 4 members (excludes halogenated alkanes) is 3. The lowest BCUT2D eigenvalue weighted by atomic mass is 10.2. The molecule has 0 aliphatic carbocycles. The quantitative estimate of drug-likeness (QED) is 0.624. The molecule has 0 aromatic heterocycles. The van der Waals surface area contributed by atoms with E-state index in [1.807, 2.05) is 0 Å². The maximum atomic E-state index is 3.71. The maximum absolute atomic E-state index is 3.71. The average Bonchev–Trinajstić information content (AvgIpc) is 1.78. The summed E-state index contributed by atoms with van der Waals surface area (Å²) < 4.78 is 0. The van der Waals surface area contributed by atoms with Crippen molar-refractivity contribution in [3.05, 3.63) is 0 Å². The second-order valence-electron chi connectivity index (χ2n) is 3.17. The number of rotatable bonds is 5. The van der Waals surface area contributed by atoms with Crippen molar-refractivity contribution in [2.45, 2.75) is 32.6 Å². The molecular formula is C8H19BrS. The van der Waals surface area contributed by atoms with E-state index >= 15 is 0 Å². The zero-order valence-electron chi connectivity index (χ0n) is 7.32. The van der Waals surface area contributed by atoms with Gasteiger partial charge in [0.15, 0.2) is 0 Å². The van der Waals surface area contributed by atoms with Crippen molar-refractivity contribution < 1.29 is 0 Å². The van der Waals surface area contributed by atoms with Gasteiger partial charge in [0, 0.05) is 0 Å². The SMILES string of the molecule is CCCCCCS(C)(C)Br. The van der Waals surface area contributed by atoms with E-state index < -0.39 is 8.46 Å². The van der Waals surface area contributed by atoms with Crippen molar-refractivity contribution in [2.75, 3.05) is 18.3 Å². The minimum Gasteiger partial charge on any atom is -0.189 e. The largest absolute Gasteiger partial charge is 0.189 e. The summed E-state index contributed by atoms with van der Waals surface area (Å²) in [4.78, 5) is 0. The Morgan fingerprint density at radius 1 is 1.10 bits per heavy atom. The van der Waals surface area contributed by atoms with Gasteiger partial charge in [0.05, 0.1) is 0 Å². The minimum atomic E-state index is -0.392. The number of halogens is 1. The Kier molecular flexibility index (Phi) is 5.93. The van der Waals surface area contributed by atoms with Crippen molar-refractivity contribution >= 4 is 23.3 Å². The average molecular weight is 227 g/mol. The molecule has 0 N–H and O–H groups in total. The second-order valence-corrected chi connectivity index (χ2v) is 11.6. The summed E-state index contributed by atoms with van der Waals surface area (Å²) in [7, 11) is -0.392. The number of hydrogen-bond acceptors (Lipinski definition) is 0.